The van der Waals surface area contributed by atoms with Crippen molar-refractivity contribution in [2.24, 2.45) is 0 Å². The Labute approximate surface area is 172 Å². The van der Waals surface area contributed by atoms with Crippen molar-refractivity contribution in [1.29, 1.82) is 0 Å². The highest BCUT2D eigenvalue weighted by Gasteiger charge is 2.34. The number of hydrogen-bond acceptors (Lipinski definition) is 4. The predicted octanol–water partition coefficient (Wildman–Crippen LogP) is 4.05. The van der Waals surface area contributed by atoms with Crippen molar-refractivity contribution in [2.45, 2.75) is 50.0 Å². The lowest BCUT2D eigenvalue weighted by atomic mass is 9.95. The largest absolute Gasteiger partial charge is 0.492 e. The second-order valence-electron chi connectivity index (χ2n) is 7.13. The maximum Gasteiger partial charge on any atom is 0.243 e. The number of sulfonamides is 1. The van der Waals surface area contributed by atoms with Gasteiger partial charge < -0.3 is 10.1 Å². The summed E-state index contributed by atoms with van der Waals surface area (Å²) in [5, 5.41) is 2.82. The third kappa shape index (κ3) is 5.36. The summed E-state index contributed by atoms with van der Waals surface area (Å²) < 4.78 is 33.5. The molecule has 3 rings (SSSR count). The van der Waals surface area contributed by atoms with Gasteiger partial charge in [-0.05, 0) is 44.0 Å². The van der Waals surface area contributed by atoms with Crippen LogP contribution in [-0.4, -0.2) is 37.8 Å². The normalized spacial score (nSPS) is 15.2. The molecule has 2 aromatic rings. The van der Waals surface area contributed by atoms with Crippen LogP contribution >= 0.6 is 0 Å². The Kier molecular flexibility index (Phi) is 7.28. The fourth-order valence-electron chi connectivity index (χ4n) is 3.69. The van der Waals surface area contributed by atoms with Crippen molar-refractivity contribution in [2.75, 3.05) is 18.5 Å². The first-order valence-electron chi connectivity index (χ1n) is 10.1. The predicted molar refractivity (Wildman–Crippen MR) is 113 cm³/mol. The van der Waals surface area contributed by atoms with E-state index in [1.165, 1.54) is 4.31 Å². The van der Waals surface area contributed by atoms with Crippen LogP contribution in [0.2, 0.25) is 0 Å². The van der Waals surface area contributed by atoms with E-state index in [4.69, 9.17) is 4.74 Å². The van der Waals surface area contributed by atoms with Gasteiger partial charge in [-0.2, -0.15) is 4.31 Å². The molecule has 1 N–H and O–H groups in total. The Bertz CT molecular complexity index is 909. The Morgan fingerprint density at radius 3 is 2.38 bits per heavy atom. The molecule has 0 spiro atoms. The van der Waals surface area contributed by atoms with Crippen LogP contribution in [0.25, 0.3) is 0 Å². The molecule has 0 bridgehead atoms. The quantitative estimate of drug-likeness (QED) is 0.704. The van der Waals surface area contributed by atoms with Crippen LogP contribution in [0.4, 0.5) is 5.69 Å². The second-order valence-corrected chi connectivity index (χ2v) is 9.02. The van der Waals surface area contributed by atoms with E-state index < -0.39 is 10.0 Å². The molecule has 2 aromatic carbocycles. The zero-order chi connectivity index (χ0) is 20.7. The molecular formula is C22H28N2O4S. The molecule has 7 heteroatoms. The van der Waals surface area contributed by atoms with Crippen molar-refractivity contribution >= 4 is 21.6 Å². The van der Waals surface area contributed by atoms with Gasteiger partial charge in [0.1, 0.15) is 5.75 Å². The van der Waals surface area contributed by atoms with Crippen LogP contribution < -0.4 is 10.1 Å². The van der Waals surface area contributed by atoms with Crippen molar-refractivity contribution in [3.63, 3.8) is 0 Å². The summed E-state index contributed by atoms with van der Waals surface area (Å²) in [5.74, 6) is 0.195. The van der Waals surface area contributed by atoms with Crippen LogP contribution in [-0.2, 0) is 14.8 Å². The Balaban J connectivity index is 1.83. The molecule has 0 unspecified atom stereocenters. The average Bonchev–Trinajstić information content (AvgIpc) is 2.75. The lowest BCUT2D eigenvalue weighted by Crippen LogP contribution is -2.45. The van der Waals surface area contributed by atoms with Crippen molar-refractivity contribution < 1.29 is 17.9 Å². The minimum Gasteiger partial charge on any atom is -0.492 e. The number of ether oxygens (including phenoxy) is 1. The van der Waals surface area contributed by atoms with Gasteiger partial charge in [0.25, 0.3) is 0 Å². The highest BCUT2D eigenvalue weighted by molar-refractivity contribution is 7.89. The number of para-hydroxylation sites is 2. The second kappa shape index (κ2) is 9.89. The molecule has 1 aliphatic rings. The molecule has 1 fully saturated rings. The Hall–Kier alpha value is -2.38. The first-order valence-corrected chi connectivity index (χ1v) is 11.5. The van der Waals surface area contributed by atoms with E-state index in [1.807, 2.05) is 13.0 Å². The highest BCUT2D eigenvalue weighted by atomic mass is 32.2. The number of benzene rings is 2. The van der Waals surface area contributed by atoms with E-state index in [0.29, 0.717) is 18.0 Å². The summed E-state index contributed by atoms with van der Waals surface area (Å²) in [4.78, 5) is 13.0. The molecule has 156 valence electrons. The number of anilines is 1. The minimum atomic E-state index is -3.77. The molecule has 0 atom stereocenters. The summed E-state index contributed by atoms with van der Waals surface area (Å²) >= 11 is 0. The van der Waals surface area contributed by atoms with Crippen LogP contribution in [0.15, 0.2) is 59.5 Å². The molecule has 0 aromatic heterocycles. The molecule has 1 aliphatic carbocycles. The standard InChI is InChI=1S/C22H28N2O4S/c1-2-28-21-16-10-9-15-20(21)23-22(25)17-24(18-11-5-3-6-12-18)29(26,27)19-13-7-4-8-14-19/h4,7-10,13-16,18H,2-3,5-6,11-12,17H2,1H3,(H,23,25). The van der Waals surface area contributed by atoms with Crippen molar-refractivity contribution in [3.8, 4) is 5.75 Å². The SMILES string of the molecule is CCOc1ccccc1NC(=O)CN(C1CCCCC1)S(=O)(=O)c1ccccc1. The van der Waals surface area contributed by atoms with Gasteiger partial charge in [0.05, 0.1) is 23.7 Å². The van der Waals surface area contributed by atoms with E-state index >= 15 is 0 Å². The maximum absolute atomic E-state index is 13.3. The first-order chi connectivity index (χ1) is 14.0. The number of rotatable bonds is 8. The number of nitrogens with zero attached hydrogens (tertiary/aromatic N) is 1. The molecule has 0 radical (unpaired) electrons. The van der Waals surface area contributed by atoms with Crippen LogP contribution in [0.3, 0.4) is 0 Å². The molecule has 0 saturated heterocycles. The summed E-state index contributed by atoms with van der Waals surface area (Å²) in [7, 11) is -3.77. The molecule has 0 aliphatic heterocycles. The van der Waals surface area contributed by atoms with E-state index in [9.17, 15) is 13.2 Å². The molecule has 0 heterocycles. The van der Waals surface area contributed by atoms with E-state index in [2.05, 4.69) is 5.32 Å². The zero-order valence-corrected chi connectivity index (χ0v) is 17.5. The van der Waals surface area contributed by atoms with E-state index in [1.54, 1.807) is 48.5 Å². The third-order valence-electron chi connectivity index (χ3n) is 5.09. The monoisotopic (exact) mass is 416 g/mol. The van der Waals surface area contributed by atoms with Crippen molar-refractivity contribution in [3.05, 3.63) is 54.6 Å². The molecule has 1 saturated carbocycles. The fraction of sp³-hybridized carbons (Fsp3) is 0.409. The summed E-state index contributed by atoms with van der Waals surface area (Å²) in [6, 6.07) is 15.3. The van der Waals surface area contributed by atoms with Gasteiger partial charge in [-0.3, -0.25) is 4.79 Å². The van der Waals surface area contributed by atoms with Gasteiger partial charge in [-0.15, -0.1) is 0 Å². The van der Waals surface area contributed by atoms with Crippen LogP contribution in [0, 0.1) is 0 Å². The van der Waals surface area contributed by atoms with Crippen LogP contribution in [0.5, 0.6) is 5.75 Å². The maximum atomic E-state index is 13.3. The fourth-order valence-corrected chi connectivity index (χ4v) is 5.35. The number of hydrogen-bond donors (Lipinski definition) is 1. The smallest absolute Gasteiger partial charge is 0.243 e. The van der Waals surface area contributed by atoms with Gasteiger partial charge in [0.2, 0.25) is 15.9 Å². The topological polar surface area (TPSA) is 75.7 Å². The van der Waals surface area contributed by atoms with Crippen LogP contribution in [0.1, 0.15) is 39.0 Å². The molecule has 6 nitrogen and oxygen atoms in total. The Morgan fingerprint density at radius 2 is 1.69 bits per heavy atom. The van der Waals surface area contributed by atoms with E-state index in [0.717, 1.165) is 32.1 Å². The third-order valence-corrected chi connectivity index (χ3v) is 7.00. The number of carbonyl (C=O) groups excluding carboxylic acids is 1. The first kappa shape index (κ1) is 21.3. The number of amides is 1. The average molecular weight is 417 g/mol. The molecule has 1 amide bonds. The summed E-state index contributed by atoms with van der Waals surface area (Å²) in [6.45, 7) is 2.13. The Morgan fingerprint density at radius 1 is 1.03 bits per heavy atom. The zero-order valence-electron chi connectivity index (χ0n) is 16.7. The van der Waals surface area contributed by atoms with Crippen molar-refractivity contribution in [1.82, 2.24) is 4.31 Å². The summed E-state index contributed by atoms with van der Waals surface area (Å²) in [6.07, 6.45) is 4.59. The molecular weight excluding hydrogens is 388 g/mol. The van der Waals surface area contributed by atoms with Gasteiger partial charge in [-0.1, -0.05) is 49.6 Å². The lowest BCUT2D eigenvalue weighted by Gasteiger charge is -2.33. The number of carbonyl (C=O) groups is 1. The number of nitrogens with one attached hydrogen (secondary N) is 1. The highest BCUT2D eigenvalue weighted by Crippen LogP contribution is 2.28. The molecule has 29 heavy (non-hydrogen) atoms. The van der Waals surface area contributed by atoms with E-state index in [-0.39, 0.29) is 23.4 Å². The summed E-state index contributed by atoms with van der Waals surface area (Å²) in [5.41, 5.74) is 0.542. The lowest BCUT2D eigenvalue weighted by molar-refractivity contribution is -0.116. The van der Waals surface area contributed by atoms with Gasteiger partial charge in [0.15, 0.2) is 0 Å². The van der Waals surface area contributed by atoms with Gasteiger partial charge in [-0.25, -0.2) is 8.42 Å². The van der Waals surface area contributed by atoms with Gasteiger partial charge in [0, 0.05) is 6.04 Å². The minimum absolute atomic E-state index is 0.165. The van der Waals surface area contributed by atoms with Gasteiger partial charge >= 0.3 is 0 Å².